The van der Waals surface area contributed by atoms with Crippen LogP contribution in [0, 0.1) is 11.6 Å². The molecule has 0 radical (unpaired) electrons. The molecule has 3 aromatic rings. The van der Waals surface area contributed by atoms with Crippen LogP contribution in [0.1, 0.15) is 17.0 Å². The summed E-state index contributed by atoms with van der Waals surface area (Å²) in [6, 6.07) is 13.4. The zero-order valence-corrected chi connectivity index (χ0v) is 14.3. The monoisotopic (exact) mass is 357 g/mol. The molecule has 1 heterocycles. The fourth-order valence-corrected chi connectivity index (χ4v) is 3.38. The van der Waals surface area contributed by atoms with E-state index in [-0.39, 0.29) is 5.75 Å². The Morgan fingerprint density at radius 3 is 2.64 bits per heavy atom. The van der Waals surface area contributed by atoms with Crippen molar-refractivity contribution < 1.29 is 8.78 Å². The normalized spacial score (nSPS) is 10.8. The minimum absolute atomic E-state index is 0.282. The second-order valence-electron chi connectivity index (χ2n) is 5.48. The van der Waals surface area contributed by atoms with Crippen LogP contribution in [0.4, 0.5) is 8.78 Å². The van der Waals surface area contributed by atoms with E-state index in [4.69, 9.17) is 0 Å². The van der Waals surface area contributed by atoms with Gasteiger partial charge in [0.25, 0.3) is 0 Å². The molecule has 128 valence electrons. The fraction of sp³-hybridized carbons (Fsp3) is 0.158. The van der Waals surface area contributed by atoms with Crippen LogP contribution in [0.15, 0.2) is 66.3 Å². The smallest absolute Gasteiger partial charge is 0.191 e. The van der Waals surface area contributed by atoms with E-state index in [1.54, 1.807) is 6.08 Å². The summed E-state index contributed by atoms with van der Waals surface area (Å²) >= 11 is 1.33. The highest BCUT2D eigenvalue weighted by Gasteiger charge is 2.13. The van der Waals surface area contributed by atoms with Crippen LogP contribution in [0.25, 0.3) is 0 Å². The summed E-state index contributed by atoms with van der Waals surface area (Å²) < 4.78 is 29.0. The first-order chi connectivity index (χ1) is 12.2. The minimum Gasteiger partial charge on any atom is -0.302 e. The quantitative estimate of drug-likeness (QED) is 0.456. The summed E-state index contributed by atoms with van der Waals surface area (Å²) in [7, 11) is 0. The minimum atomic E-state index is -0.450. The Balaban J connectivity index is 1.79. The number of rotatable bonds is 7. The second kappa shape index (κ2) is 8.07. The Bertz CT molecular complexity index is 862. The predicted molar refractivity (Wildman–Crippen MR) is 95.4 cm³/mol. The third-order valence-corrected chi connectivity index (χ3v) is 4.69. The van der Waals surface area contributed by atoms with Crippen LogP contribution in [-0.4, -0.2) is 14.8 Å². The summed E-state index contributed by atoms with van der Waals surface area (Å²) in [6.07, 6.45) is 2.42. The van der Waals surface area contributed by atoms with E-state index >= 15 is 0 Å². The van der Waals surface area contributed by atoms with Gasteiger partial charge in [-0.25, -0.2) is 8.78 Å². The van der Waals surface area contributed by atoms with Gasteiger partial charge in [0, 0.05) is 24.3 Å². The van der Waals surface area contributed by atoms with Gasteiger partial charge in [-0.15, -0.1) is 16.8 Å². The molecule has 0 spiro atoms. The molecule has 0 atom stereocenters. The molecule has 0 aliphatic heterocycles. The zero-order chi connectivity index (χ0) is 17.6. The number of nitrogens with zero attached hydrogens (tertiary/aromatic N) is 3. The van der Waals surface area contributed by atoms with Crippen molar-refractivity contribution >= 4 is 11.8 Å². The first kappa shape index (κ1) is 17.4. The van der Waals surface area contributed by atoms with E-state index in [0.717, 1.165) is 23.5 Å². The van der Waals surface area contributed by atoms with Crippen molar-refractivity contribution in [3.63, 3.8) is 0 Å². The van der Waals surface area contributed by atoms with Gasteiger partial charge >= 0.3 is 0 Å². The van der Waals surface area contributed by atoms with E-state index < -0.39 is 11.6 Å². The van der Waals surface area contributed by atoms with Gasteiger partial charge in [-0.2, -0.15) is 0 Å². The maximum absolute atomic E-state index is 13.8. The van der Waals surface area contributed by atoms with Gasteiger partial charge in [0.2, 0.25) is 0 Å². The summed E-state index contributed by atoms with van der Waals surface area (Å²) in [6.45, 7) is 4.33. The molecule has 25 heavy (non-hydrogen) atoms. The Morgan fingerprint density at radius 2 is 1.88 bits per heavy atom. The Morgan fingerprint density at radius 1 is 1.08 bits per heavy atom. The SMILES string of the molecule is C=CCn1c(Cc2ccccc2)nnc1SCc1cc(F)ccc1F. The van der Waals surface area contributed by atoms with Gasteiger partial charge in [0.15, 0.2) is 5.16 Å². The van der Waals surface area contributed by atoms with Crippen LogP contribution < -0.4 is 0 Å². The van der Waals surface area contributed by atoms with E-state index in [9.17, 15) is 8.78 Å². The third-order valence-electron chi connectivity index (χ3n) is 3.67. The molecule has 0 saturated carbocycles. The lowest BCUT2D eigenvalue weighted by Gasteiger charge is -2.08. The molecule has 0 fully saturated rings. The highest BCUT2D eigenvalue weighted by Crippen LogP contribution is 2.24. The molecule has 1 aromatic heterocycles. The van der Waals surface area contributed by atoms with Crippen molar-refractivity contribution in [2.24, 2.45) is 0 Å². The van der Waals surface area contributed by atoms with Crippen molar-refractivity contribution in [3.8, 4) is 0 Å². The largest absolute Gasteiger partial charge is 0.302 e. The molecular formula is C19H17F2N3S. The molecule has 6 heteroatoms. The predicted octanol–water partition coefficient (Wildman–Crippen LogP) is 4.63. The van der Waals surface area contributed by atoms with Gasteiger partial charge in [-0.3, -0.25) is 0 Å². The van der Waals surface area contributed by atoms with Crippen LogP contribution in [0.5, 0.6) is 0 Å². The van der Waals surface area contributed by atoms with Crippen LogP contribution in [0.3, 0.4) is 0 Å². The molecule has 0 unspecified atom stereocenters. The number of hydrogen-bond donors (Lipinski definition) is 0. The summed E-state index contributed by atoms with van der Waals surface area (Å²) in [5.41, 5.74) is 1.44. The molecule has 0 N–H and O–H groups in total. The van der Waals surface area contributed by atoms with Crippen molar-refractivity contribution in [3.05, 3.63) is 89.8 Å². The molecule has 0 bridgehead atoms. The lowest BCUT2D eigenvalue weighted by molar-refractivity contribution is 0.591. The maximum atomic E-state index is 13.8. The number of hydrogen-bond acceptors (Lipinski definition) is 3. The molecule has 0 aliphatic carbocycles. The Labute approximate surface area is 149 Å². The third kappa shape index (κ3) is 4.33. The fourth-order valence-electron chi connectivity index (χ4n) is 2.44. The highest BCUT2D eigenvalue weighted by molar-refractivity contribution is 7.98. The summed E-state index contributed by atoms with van der Waals surface area (Å²) in [5, 5.41) is 9.13. The van der Waals surface area contributed by atoms with Gasteiger partial charge in [0.05, 0.1) is 0 Å². The van der Waals surface area contributed by atoms with E-state index in [2.05, 4.69) is 16.8 Å². The van der Waals surface area contributed by atoms with Crippen LogP contribution in [0.2, 0.25) is 0 Å². The van der Waals surface area contributed by atoms with Crippen LogP contribution in [-0.2, 0) is 18.7 Å². The highest BCUT2D eigenvalue weighted by atomic mass is 32.2. The number of halogens is 2. The Kier molecular flexibility index (Phi) is 5.60. The van der Waals surface area contributed by atoms with Crippen molar-refractivity contribution in [2.45, 2.75) is 23.9 Å². The zero-order valence-electron chi connectivity index (χ0n) is 13.5. The van der Waals surface area contributed by atoms with Crippen molar-refractivity contribution in [2.75, 3.05) is 0 Å². The molecule has 2 aromatic carbocycles. The molecule has 3 rings (SSSR count). The topological polar surface area (TPSA) is 30.7 Å². The standard InChI is InChI=1S/C19H17F2N3S/c1-2-10-24-18(11-14-6-4-3-5-7-14)22-23-19(24)25-13-15-12-16(20)8-9-17(15)21/h2-9,12H,1,10-11,13H2. The van der Waals surface area contributed by atoms with Crippen LogP contribution >= 0.6 is 11.8 Å². The van der Waals surface area contributed by atoms with Gasteiger partial charge in [0.1, 0.15) is 17.5 Å². The number of allylic oxidation sites excluding steroid dienone is 1. The van der Waals surface area contributed by atoms with E-state index in [1.165, 1.54) is 17.8 Å². The summed E-state index contributed by atoms with van der Waals surface area (Å²) in [4.78, 5) is 0. The maximum Gasteiger partial charge on any atom is 0.191 e. The van der Waals surface area contributed by atoms with Gasteiger partial charge in [-0.1, -0.05) is 48.2 Å². The van der Waals surface area contributed by atoms with E-state index in [0.29, 0.717) is 23.7 Å². The average molecular weight is 357 g/mol. The summed E-state index contributed by atoms with van der Waals surface area (Å²) in [5.74, 6) is 0.223. The van der Waals surface area contributed by atoms with Crippen molar-refractivity contribution in [1.82, 2.24) is 14.8 Å². The van der Waals surface area contributed by atoms with Gasteiger partial charge in [-0.05, 0) is 23.8 Å². The molecule has 0 saturated heterocycles. The lowest BCUT2D eigenvalue weighted by atomic mass is 10.1. The number of benzene rings is 2. The molecule has 3 nitrogen and oxygen atoms in total. The first-order valence-electron chi connectivity index (χ1n) is 7.81. The molecule has 0 amide bonds. The number of thioether (sulfide) groups is 1. The average Bonchev–Trinajstić information content (AvgIpc) is 2.99. The number of aromatic nitrogens is 3. The van der Waals surface area contributed by atoms with Crippen molar-refractivity contribution in [1.29, 1.82) is 0 Å². The lowest BCUT2D eigenvalue weighted by Crippen LogP contribution is -2.05. The first-order valence-corrected chi connectivity index (χ1v) is 8.79. The molecule has 0 aliphatic rings. The second-order valence-corrected chi connectivity index (χ2v) is 6.43. The molecular weight excluding hydrogens is 340 g/mol. The Hall–Kier alpha value is -2.47. The van der Waals surface area contributed by atoms with Gasteiger partial charge < -0.3 is 4.57 Å². The van der Waals surface area contributed by atoms with E-state index in [1.807, 2.05) is 34.9 Å².